The minimum atomic E-state index is -0.404. The molecule has 4 aromatic rings. The molecule has 9 nitrogen and oxygen atoms in total. The number of benzene rings is 3. The molecule has 6 bridgehead atoms. The first-order valence-corrected chi connectivity index (χ1v) is 12.9. The van der Waals surface area contributed by atoms with Gasteiger partial charge in [-0.05, 0) is 67.4 Å². The molecular formula is C30H30FN5O4. The Hall–Kier alpha value is -4.70. The Balaban J connectivity index is 1.43. The molecule has 206 valence electrons. The number of fused-ring (bicyclic) bond motifs is 9. The second-order valence-electron chi connectivity index (χ2n) is 9.24. The van der Waals surface area contributed by atoms with Gasteiger partial charge in [-0.1, -0.05) is 6.07 Å². The SMILES string of the molecule is COc1cccc(F)c1COc1ccc2cc1COCCCCNC(=O)c1ccc(c(N)c1)-c1ccnc(n1)N2. The number of hydrogen-bond acceptors (Lipinski definition) is 8. The number of nitrogen functional groups attached to an aromatic ring is 1. The summed E-state index contributed by atoms with van der Waals surface area (Å²) in [6.07, 6.45) is 3.14. The molecule has 2 aliphatic rings. The molecule has 10 heteroatoms. The lowest BCUT2D eigenvalue weighted by Crippen LogP contribution is -2.24. The Morgan fingerprint density at radius 1 is 1.07 bits per heavy atom. The minimum Gasteiger partial charge on any atom is -0.496 e. The van der Waals surface area contributed by atoms with Crippen molar-refractivity contribution in [2.24, 2.45) is 0 Å². The summed E-state index contributed by atoms with van der Waals surface area (Å²) in [7, 11) is 1.49. The standard InChI is InChI=1S/C30H30FN5O4/c1-38-28-6-4-5-24(31)23(28)18-40-27-10-8-21-15-20(27)17-39-14-3-2-12-33-29(37)19-7-9-22(25(32)16-19)26-11-13-34-30(35-21)36-26/h4-11,13,15-16H,2-3,12,14,17-18,32H2,1H3,(H,33,37)(H,34,35,36). The Bertz CT molecular complexity index is 1510. The summed E-state index contributed by atoms with van der Waals surface area (Å²) in [5.41, 5.74) is 10.3. The monoisotopic (exact) mass is 543 g/mol. The van der Waals surface area contributed by atoms with Crippen LogP contribution in [0.3, 0.4) is 0 Å². The molecule has 0 radical (unpaired) electrons. The van der Waals surface area contributed by atoms with Crippen LogP contribution in [0, 0.1) is 5.82 Å². The molecule has 1 amide bonds. The van der Waals surface area contributed by atoms with E-state index in [0.717, 1.165) is 24.1 Å². The van der Waals surface area contributed by atoms with Gasteiger partial charge in [-0.3, -0.25) is 4.79 Å². The van der Waals surface area contributed by atoms with Crippen LogP contribution in [-0.2, 0) is 18.0 Å². The lowest BCUT2D eigenvalue weighted by molar-refractivity contribution is 0.0945. The van der Waals surface area contributed by atoms with E-state index in [1.807, 2.05) is 12.1 Å². The van der Waals surface area contributed by atoms with Crippen LogP contribution in [0.5, 0.6) is 11.5 Å². The van der Waals surface area contributed by atoms with Crippen molar-refractivity contribution in [3.63, 3.8) is 0 Å². The van der Waals surface area contributed by atoms with Crippen LogP contribution in [0.4, 0.5) is 21.7 Å². The van der Waals surface area contributed by atoms with Crippen molar-refractivity contribution >= 4 is 23.2 Å². The summed E-state index contributed by atoms with van der Waals surface area (Å²) in [4.78, 5) is 21.5. The number of ether oxygens (including phenoxy) is 3. The van der Waals surface area contributed by atoms with E-state index in [1.165, 1.54) is 13.2 Å². The third kappa shape index (κ3) is 6.29. The van der Waals surface area contributed by atoms with Crippen molar-refractivity contribution in [3.8, 4) is 22.8 Å². The molecule has 40 heavy (non-hydrogen) atoms. The number of halogens is 1. The van der Waals surface area contributed by atoms with Crippen LogP contribution in [0.2, 0.25) is 0 Å². The van der Waals surface area contributed by atoms with E-state index in [4.69, 9.17) is 19.9 Å². The molecule has 0 fully saturated rings. The van der Waals surface area contributed by atoms with Gasteiger partial charge < -0.3 is 30.6 Å². The minimum absolute atomic E-state index is 0.0133. The average molecular weight is 544 g/mol. The average Bonchev–Trinajstić information content (AvgIpc) is 2.96. The Kier molecular flexibility index (Phi) is 8.36. The van der Waals surface area contributed by atoms with Crippen molar-refractivity contribution in [3.05, 3.63) is 89.4 Å². The second-order valence-corrected chi connectivity index (χ2v) is 9.24. The zero-order valence-corrected chi connectivity index (χ0v) is 22.1. The lowest BCUT2D eigenvalue weighted by atomic mass is 10.1. The van der Waals surface area contributed by atoms with Gasteiger partial charge in [0, 0.05) is 47.4 Å². The Morgan fingerprint density at radius 2 is 1.98 bits per heavy atom. The third-order valence-electron chi connectivity index (χ3n) is 6.49. The molecule has 6 rings (SSSR count). The van der Waals surface area contributed by atoms with Gasteiger partial charge in [0.05, 0.1) is 25.0 Å². The van der Waals surface area contributed by atoms with E-state index < -0.39 is 5.82 Å². The fourth-order valence-electron chi connectivity index (χ4n) is 4.38. The quantitative estimate of drug-likeness (QED) is 0.299. The number of nitrogens with one attached hydrogen (secondary N) is 2. The van der Waals surface area contributed by atoms with Gasteiger partial charge in [0.1, 0.15) is 23.9 Å². The first kappa shape index (κ1) is 26.9. The number of anilines is 3. The van der Waals surface area contributed by atoms with Crippen molar-refractivity contribution < 1.29 is 23.4 Å². The summed E-state index contributed by atoms with van der Waals surface area (Å²) in [6.45, 7) is 1.26. The van der Waals surface area contributed by atoms with Crippen molar-refractivity contribution in [2.45, 2.75) is 26.1 Å². The van der Waals surface area contributed by atoms with E-state index in [1.54, 1.807) is 48.7 Å². The van der Waals surface area contributed by atoms with Crippen LogP contribution >= 0.6 is 0 Å². The predicted octanol–water partition coefficient (Wildman–Crippen LogP) is 5.24. The zero-order chi connectivity index (χ0) is 27.9. The summed E-state index contributed by atoms with van der Waals surface area (Å²) in [5.74, 6) is 0.744. The fourth-order valence-corrected chi connectivity index (χ4v) is 4.38. The van der Waals surface area contributed by atoms with E-state index in [0.29, 0.717) is 58.7 Å². The van der Waals surface area contributed by atoms with Gasteiger partial charge in [0.25, 0.3) is 5.91 Å². The van der Waals surface area contributed by atoms with Crippen LogP contribution in [-0.4, -0.2) is 36.1 Å². The number of nitrogens with two attached hydrogens (primary N) is 1. The fraction of sp³-hybridized carbons (Fsp3) is 0.233. The summed E-state index contributed by atoms with van der Waals surface area (Å²) >= 11 is 0. The van der Waals surface area contributed by atoms with Crippen molar-refractivity contribution in [1.29, 1.82) is 0 Å². The van der Waals surface area contributed by atoms with E-state index in [2.05, 4.69) is 20.6 Å². The molecule has 4 N–H and O–H groups in total. The first-order valence-electron chi connectivity index (χ1n) is 12.9. The molecule has 0 saturated heterocycles. The highest BCUT2D eigenvalue weighted by Gasteiger charge is 2.14. The maximum Gasteiger partial charge on any atom is 0.251 e. The maximum absolute atomic E-state index is 14.5. The molecule has 3 heterocycles. The second kappa shape index (κ2) is 12.4. The number of carbonyl (C=O) groups excluding carboxylic acids is 1. The zero-order valence-electron chi connectivity index (χ0n) is 22.1. The molecule has 0 spiro atoms. The lowest BCUT2D eigenvalue weighted by Gasteiger charge is -2.16. The van der Waals surface area contributed by atoms with Gasteiger partial charge >= 0.3 is 0 Å². The van der Waals surface area contributed by atoms with Gasteiger partial charge in [-0.15, -0.1) is 0 Å². The van der Waals surface area contributed by atoms with Gasteiger partial charge in [0.2, 0.25) is 5.95 Å². The number of nitrogens with zero attached hydrogens (tertiary/aromatic N) is 2. The number of methoxy groups -OCH3 is 1. The Morgan fingerprint density at radius 3 is 2.83 bits per heavy atom. The van der Waals surface area contributed by atoms with E-state index in [9.17, 15) is 9.18 Å². The van der Waals surface area contributed by atoms with Crippen molar-refractivity contribution in [2.75, 3.05) is 31.3 Å². The maximum atomic E-state index is 14.5. The molecule has 1 aromatic heterocycles. The van der Waals surface area contributed by atoms with Crippen LogP contribution in [0.25, 0.3) is 11.3 Å². The molecule has 2 aliphatic heterocycles. The number of aromatic nitrogens is 2. The number of hydrogen-bond donors (Lipinski definition) is 3. The topological polar surface area (TPSA) is 121 Å². The Labute approximate surface area is 231 Å². The number of rotatable bonds is 4. The van der Waals surface area contributed by atoms with E-state index >= 15 is 0 Å². The largest absolute Gasteiger partial charge is 0.496 e. The molecule has 0 saturated carbocycles. The molecular weight excluding hydrogens is 513 g/mol. The van der Waals surface area contributed by atoms with E-state index in [-0.39, 0.29) is 19.1 Å². The van der Waals surface area contributed by atoms with Gasteiger partial charge in [-0.25, -0.2) is 14.4 Å². The molecule has 0 unspecified atom stereocenters. The number of amides is 1. The first-order chi connectivity index (χ1) is 19.5. The van der Waals surface area contributed by atoms with Crippen molar-refractivity contribution in [1.82, 2.24) is 15.3 Å². The molecule has 3 aromatic carbocycles. The van der Waals surface area contributed by atoms with Crippen LogP contribution in [0.1, 0.15) is 34.3 Å². The summed E-state index contributed by atoms with van der Waals surface area (Å²) in [5, 5.41) is 6.15. The highest BCUT2D eigenvalue weighted by Crippen LogP contribution is 2.30. The van der Waals surface area contributed by atoms with Gasteiger partial charge in [-0.2, -0.15) is 0 Å². The van der Waals surface area contributed by atoms with Crippen LogP contribution < -0.4 is 25.8 Å². The molecule has 0 aliphatic carbocycles. The molecule has 0 atom stereocenters. The smallest absolute Gasteiger partial charge is 0.251 e. The normalized spacial score (nSPS) is 13.8. The highest BCUT2D eigenvalue weighted by molar-refractivity contribution is 5.96. The predicted molar refractivity (Wildman–Crippen MR) is 150 cm³/mol. The summed E-state index contributed by atoms with van der Waals surface area (Å²) < 4.78 is 31.7. The van der Waals surface area contributed by atoms with Crippen LogP contribution in [0.15, 0.2) is 66.9 Å². The third-order valence-corrected chi connectivity index (χ3v) is 6.49. The summed E-state index contributed by atoms with van der Waals surface area (Å²) in [6, 6.07) is 17.1. The highest BCUT2D eigenvalue weighted by atomic mass is 19.1. The van der Waals surface area contributed by atoms with Gasteiger partial charge in [0.15, 0.2) is 0 Å². The number of carbonyl (C=O) groups is 1.